The third-order valence-corrected chi connectivity index (χ3v) is 5.22. The van der Waals surface area contributed by atoms with Crippen LogP contribution >= 0.6 is 0 Å². The van der Waals surface area contributed by atoms with Crippen molar-refractivity contribution in [3.8, 4) is 11.5 Å². The molecule has 0 bridgehead atoms. The number of rotatable bonds is 8. The van der Waals surface area contributed by atoms with Gasteiger partial charge in [0.1, 0.15) is 11.5 Å². The van der Waals surface area contributed by atoms with E-state index in [1.54, 1.807) is 0 Å². The highest BCUT2D eigenvalue weighted by Crippen LogP contribution is 2.26. The molecule has 0 aliphatic heterocycles. The minimum absolute atomic E-state index is 0.0114. The molecule has 1 saturated carbocycles. The lowest BCUT2D eigenvalue weighted by molar-refractivity contribution is -0.118. The van der Waals surface area contributed by atoms with Crippen LogP contribution in [-0.4, -0.2) is 19.1 Å². The smallest absolute Gasteiger partial charge is 0.262 e. The van der Waals surface area contributed by atoms with Gasteiger partial charge in [-0.1, -0.05) is 38.2 Å². The lowest BCUT2D eigenvalue weighted by Crippen LogP contribution is -2.20. The van der Waals surface area contributed by atoms with Crippen molar-refractivity contribution in [3.05, 3.63) is 53.6 Å². The lowest BCUT2D eigenvalue weighted by Gasteiger charge is -2.21. The molecule has 28 heavy (non-hydrogen) atoms. The van der Waals surface area contributed by atoms with E-state index in [1.807, 2.05) is 50.2 Å². The monoisotopic (exact) mass is 381 g/mol. The van der Waals surface area contributed by atoms with Crippen molar-refractivity contribution in [2.24, 2.45) is 5.92 Å². The van der Waals surface area contributed by atoms with Crippen LogP contribution in [0.15, 0.2) is 42.5 Å². The summed E-state index contributed by atoms with van der Waals surface area (Å²) in [7, 11) is 0. The lowest BCUT2D eigenvalue weighted by atomic mass is 9.87. The van der Waals surface area contributed by atoms with E-state index in [2.05, 4.69) is 11.4 Å². The number of hydrogen-bond donors (Lipinski definition) is 1. The van der Waals surface area contributed by atoms with Crippen LogP contribution in [0.5, 0.6) is 11.5 Å². The van der Waals surface area contributed by atoms with Crippen LogP contribution in [0, 0.1) is 19.8 Å². The molecule has 4 nitrogen and oxygen atoms in total. The molecular formula is C24H31NO3. The Kier molecular flexibility index (Phi) is 7.35. The molecular weight excluding hydrogens is 350 g/mol. The number of benzene rings is 2. The van der Waals surface area contributed by atoms with E-state index in [0.29, 0.717) is 0 Å². The van der Waals surface area contributed by atoms with Gasteiger partial charge < -0.3 is 14.8 Å². The molecule has 4 heteroatoms. The maximum atomic E-state index is 12.1. The number of hydrogen-bond acceptors (Lipinski definition) is 3. The average Bonchev–Trinajstić information content (AvgIpc) is 2.68. The number of aryl methyl sites for hydroxylation is 2. The number of carbonyl (C=O) groups is 1. The fourth-order valence-corrected chi connectivity index (χ4v) is 3.82. The zero-order valence-electron chi connectivity index (χ0n) is 17.0. The minimum Gasteiger partial charge on any atom is -0.494 e. The first-order valence-corrected chi connectivity index (χ1v) is 10.3. The Balaban J connectivity index is 1.39. The predicted octanol–water partition coefficient (Wildman–Crippen LogP) is 5.67. The van der Waals surface area contributed by atoms with Crippen molar-refractivity contribution in [1.82, 2.24) is 0 Å². The zero-order valence-corrected chi connectivity index (χ0v) is 17.0. The quantitative estimate of drug-likeness (QED) is 0.641. The number of ether oxygens (including phenoxy) is 2. The topological polar surface area (TPSA) is 47.6 Å². The largest absolute Gasteiger partial charge is 0.494 e. The highest BCUT2D eigenvalue weighted by molar-refractivity contribution is 5.91. The van der Waals surface area contributed by atoms with Gasteiger partial charge in [0.15, 0.2) is 6.61 Å². The van der Waals surface area contributed by atoms with Gasteiger partial charge in [0.25, 0.3) is 5.91 Å². The first-order chi connectivity index (χ1) is 13.6. The van der Waals surface area contributed by atoms with Crippen molar-refractivity contribution in [2.75, 3.05) is 18.5 Å². The third kappa shape index (κ3) is 6.59. The Morgan fingerprint density at radius 1 is 0.929 bits per heavy atom. The van der Waals surface area contributed by atoms with Crippen molar-refractivity contribution >= 4 is 11.6 Å². The molecule has 150 valence electrons. The fraction of sp³-hybridized carbons (Fsp3) is 0.458. The van der Waals surface area contributed by atoms with E-state index >= 15 is 0 Å². The summed E-state index contributed by atoms with van der Waals surface area (Å²) in [4.78, 5) is 12.1. The summed E-state index contributed by atoms with van der Waals surface area (Å²) in [6.45, 7) is 4.78. The van der Waals surface area contributed by atoms with E-state index < -0.39 is 0 Å². The van der Waals surface area contributed by atoms with E-state index in [-0.39, 0.29) is 12.5 Å². The van der Waals surface area contributed by atoms with Crippen molar-refractivity contribution in [1.29, 1.82) is 0 Å². The maximum absolute atomic E-state index is 12.1. The van der Waals surface area contributed by atoms with Gasteiger partial charge in [0.05, 0.1) is 6.61 Å². The van der Waals surface area contributed by atoms with Crippen LogP contribution in [0.1, 0.15) is 49.7 Å². The highest BCUT2D eigenvalue weighted by atomic mass is 16.5. The van der Waals surface area contributed by atoms with Crippen LogP contribution in [0.2, 0.25) is 0 Å². The summed E-state index contributed by atoms with van der Waals surface area (Å²) in [6, 6.07) is 13.5. The molecule has 3 rings (SSSR count). The molecule has 2 aromatic carbocycles. The summed E-state index contributed by atoms with van der Waals surface area (Å²) in [5, 5.41) is 2.86. The molecule has 0 saturated heterocycles. The number of carbonyl (C=O) groups excluding carboxylic acids is 1. The van der Waals surface area contributed by atoms with E-state index in [1.165, 1.54) is 32.1 Å². The van der Waals surface area contributed by atoms with Gasteiger partial charge in [-0.3, -0.25) is 4.79 Å². The summed E-state index contributed by atoms with van der Waals surface area (Å²) in [6.07, 6.45) is 7.95. The van der Waals surface area contributed by atoms with Crippen LogP contribution in [-0.2, 0) is 4.79 Å². The zero-order chi connectivity index (χ0) is 19.8. The SMILES string of the molecule is Cc1cc(C)cc(OCC(=O)Nc2ccc(OCCC3CCCCC3)cc2)c1. The minimum atomic E-state index is -0.176. The van der Waals surface area contributed by atoms with Crippen LogP contribution in [0.25, 0.3) is 0 Å². The Bertz CT molecular complexity index is 744. The summed E-state index contributed by atoms with van der Waals surface area (Å²) >= 11 is 0. The van der Waals surface area contributed by atoms with Gasteiger partial charge in [-0.15, -0.1) is 0 Å². The van der Waals surface area contributed by atoms with Gasteiger partial charge in [0.2, 0.25) is 0 Å². The molecule has 1 aliphatic rings. The van der Waals surface area contributed by atoms with Crippen molar-refractivity contribution < 1.29 is 14.3 Å². The molecule has 2 aromatic rings. The maximum Gasteiger partial charge on any atom is 0.262 e. The molecule has 1 N–H and O–H groups in total. The Hall–Kier alpha value is -2.49. The molecule has 0 radical (unpaired) electrons. The average molecular weight is 382 g/mol. The van der Waals surface area contributed by atoms with E-state index in [0.717, 1.165) is 47.3 Å². The number of amides is 1. The molecule has 1 aliphatic carbocycles. The molecule has 0 atom stereocenters. The molecule has 0 aromatic heterocycles. The van der Waals surface area contributed by atoms with Gasteiger partial charge in [-0.2, -0.15) is 0 Å². The van der Waals surface area contributed by atoms with Gasteiger partial charge in [-0.25, -0.2) is 0 Å². The summed E-state index contributed by atoms with van der Waals surface area (Å²) in [5.41, 5.74) is 2.98. The van der Waals surface area contributed by atoms with Gasteiger partial charge in [-0.05, 0) is 73.7 Å². The fourth-order valence-electron chi connectivity index (χ4n) is 3.82. The van der Waals surface area contributed by atoms with Crippen LogP contribution in [0.4, 0.5) is 5.69 Å². The molecule has 0 heterocycles. The second-order valence-corrected chi connectivity index (χ2v) is 7.83. The number of anilines is 1. The van der Waals surface area contributed by atoms with Crippen molar-refractivity contribution in [2.45, 2.75) is 52.4 Å². The second-order valence-electron chi connectivity index (χ2n) is 7.83. The molecule has 0 spiro atoms. The van der Waals surface area contributed by atoms with Crippen LogP contribution < -0.4 is 14.8 Å². The van der Waals surface area contributed by atoms with E-state index in [9.17, 15) is 4.79 Å². The normalized spacial score (nSPS) is 14.5. The Labute approximate surface area is 168 Å². The van der Waals surface area contributed by atoms with Crippen molar-refractivity contribution in [3.63, 3.8) is 0 Å². The first kappa shape index (κ1) is 20.2. The predicted molar refractivity (Wildman–Crippen MR) is 113 cm³/mol. The Morgan fingerprint density at radius 2 is 1.61 bits per heavy atom. The second kappa shape index (κ2) is 10.2. The summed E-state index contributed by atoms with van der Waals surface area (Å²) < 4.78 is 11.5. The van der Waals surface area contributed by atoms with Crippen LogP contribution in [0.3, 0.4) is 0 Å². The molecule has 1 amide bonds. The first-order valence-electron chi connectivity index (χ1n) is 10.3. The number of nitrogens with one attached hydrogen (secondary N) is 1. The Morgan fingerprint density at radius 3 is 2.29 bits per heavy atom. The highest BCUT2D eigenvalue weighted by Gasteiger charge is 2.13. The third-order valence-electron chi connectivity index (χ3n) is 5.22. The van der Waals surface area contributed by atoms with E-state index in [4.69, 9.17) is 9.47 Å². The molecule has 1 fully saturated rings. The molecule has 0 unspecified atom stereocenters. The summed E-state index contributed by atoms with van der Waals surface area (Å²) in [5.74, 6) is 2.21. The standard InChI is InChI=1S/C24H31NO3/c1-18-14-19(2)16-23(15-18)28-17-24(26)25-21-8-10-22(11-9-21)27-13-12-20-6-4-3-5-7-20/h8-11,14-16,20H,3-7,12-13,17H2,1-2H3,(H,25,26). The van der Waals surface area contributed by atoms with Gasteiger partial charge >= 0.3 is 0 Å². The van der Waals surface area contributed by atoms with Gasteiger partial charge in [0, 0.05) is 5.69 Å².